The molecule has 0 aliphatic carbocycles. The van der Waals surface area contributed by atoms with Crippen LogP contribution in [-0.2, 0) is 22.3 Å². The van der Waals surface area contributed by atoms with Gasteiger partial charge in [0.2, 0.25) is 5.91 Å². The van der Waals surface area contributed by atoms with E-state index < -0.39 is 17.7 Å². The molecule has 5 nitrogen and oxygen atoms in total. The quantitative estimate of drug-likeness (QED) is 0.863. The van der Waals surface area contributed by atoms with Gasteiger partial charge >= 0.3 is 12.1 Å². The Morgan fingerprint density at radius 3 is 2.62 bits per heavy atom. The van der Waals surface area contributed by atoms with E-state index in [9.17, 15) is 22.8 Å². The molecule has 8 heteroatoms. The molecule has 1 amide bonds. The smallest absolute Gasteiger partial charge is 0.416 e. The molecule has 0 bridgehead atoms. The van der Waals surface area contributed by atoms with Gasteiger partial charge in [0.1, 0.15) is 6.54 Å². The summed E-state index contributed by atoms with van der Waals surface area (Å²) in [7, 11) is 0. The van der Waals surface area contributed by atoms with Crippen molar-refractivity contribution in [2.75, 3.05) is 19.6 Å². The average molecular weight is 372 g/mol. The summed E-state index contributed by atoms with van der Waals surface area (Å²) < 4.78 is 38.5. The molecule has 26 heavy (non-hydrogen) atoms. The van der Waals surface area contributed by atoms with Gasteiger partial charge in [-0.05, 0) is 37.4 Å². The molecule has 1 saturated heterocycles. The van der Waals surface area contributed by atoms with Crippen LogP contribution in [0.15, 0.2) is 24.3 Å². The molecular weight excluding hydrogens is 349 g/mol. The predicted octanol–water partition coefficient (Wildman–Crippen LogP) is 2.99. The highest BCUT2D eigenvalue weighted by atomic mass is 19.4. The summed E-state index contributed by atoms with van der Waals surface area (Å²) in [4.78, 5) is 26.1. The van der Waals surface area contributed by atoms with Crippen LogP contribution in [0.5, 0.6) is 0 Å². The van der Waals surface area contributed by atoms with Crippen LogP contribution in [0.1, 0.15) is 37.3 Å². The number of halogens is 3. The average Bonchev–Trinajstić information content (AvgIpc) is 2.77. The molecule has 144 valence electrons. The molecule has 0 aromatic heterocycles. The molecule has 1 aliphatic rings. The second-order valence-corrected chi connectivity index (χ2v) is 6.60. The first-order valence-electron chi connectivity index (χ1n) is 8.54. The lowest BCUT2D eigenvalue weighted by atomic mass is 10.1. The van der Waals surface area contributed by atoms with Gasteiger partial charge in [0.15, 0.2) is 0 Å². The predicted molar refractivity (Wildman–Crippen MR) is 89.4 cm³/mol. The number of carbonyl (C=O) groups excluding carboxylic acids is 1. The van der Waals surface area contributed by atoms with Gasteiger partial charge in [-0.15, -0.1) is 0 Å². The van der Waals surface area contributed by atoms with Crippen molar-refractivity contribution in [2.45, 2.75) is 44.9 Å². The molecule has 1 N–H and O–H groups in total. The summed E-state index contributed by atoms with van der Waals surface area (Å²) in [5.74, 6) is -1.33. The van der Waals surface area contributed by atoms with Crippen LogP contribution in [0.2, 0.25) is 0 Å². The molecule has 1 atom stereocenters. The Morgan fingerprint density at radius 2 is 2.00 bits per heavy atom. The molecule has 2 rings (SSSR count). The highest BCUT2D eigenvalue weighted by Crippen LogP contribution is 2.30. The number of hydrogen-bond acceptors (Lipinski definition) is 3. The normalized spacial score (nSPS) is 19.0. The van der Waals surface area contributed by atoms with Crippen LogP contribution in [0.3, 0.4) is 0 Å². The van der Waals surface area contributed by atoms with Crippen molar-refractivity contribution in [1.82, 2.24) is 9.80 Å². The second-order valence-electron chi connectivity index (χ2n) is 6.60. The number of rotatable bonds is 5. The van der Waals surface area contributed by atoms with Gasteiger partial charge in [-0.1, -0.05) is 18.2 Å². The number of nitrogens with zero attached hydrogens (tertiary/aromatic N) is 2. The first-order chi connectivity index (χ1) is 12.2. The SMILES string of the molecule is CC(=O)N(CC(=O)O)C1CCCN(Cc2cccc(C(F)(F)F)c2)CC1. The number of carboxylic acids is 1. The Hall–Kier alpha value is -2.09. The van der Waals surface area contributed by atoms with E-state index in [0.717, 1.165) is 18.6 Å². The first kappa shape index (κ1) is 20.2. The van der Waals surface area contributed by atoms with Gasteiger partial charge in [0.25, 0.3) is 0 Å². The number of likely N-dealkylation sites (tertiary alicyclic amines) is 1. The molecule has 1 aliphatic heterocycles. The summed E-state index contributed by atoms with van der Waals surface area (Å²) in [6.45, 7) is 2.73. The second kappa shape index (κ2) is 8.53. The Labute approximate surface area is 150 Å². The van der Waals surface area contributed by atoms with Crippen LogP contribution in [0.4, 0.5) is 13.2 Å². The molecule has 1 aromatic rings. The first-order valence-corrected chi connectivity index (χ1v) is 8.54. The molecule has 1 fully saturated rings. The number of hydrogen-bond donors (Lipinski definition) is 1. The van der Waals surface area contributed by atoms with E-state index >= 15 is 0 Å². The number of amides is 1. The lowest BCUT2D eigenvalue weighted by molar-refractivity contribution is -0.145. The summed E-state index contributed by atoms with van der Waals surface area (Å²) in [5, 5.41) is 8.98. The van der Waals surface area contributed by atoms with Gasteiger partial charge < -0.3 is 10.0 Å². The summed E-state index contributed by atoms with van der Waals surface area (Å²) in [6.07, 6.45) is -2.32. The highest BCUT2D eigenvalue weighted by molar-refractivity contribution is 5.79. The monoisotopic (exact) mass is 372 g/mol. The van der Waals surface area contributed by atoms with Crippen molar-refractivity contribution in [3.63, 3.8) is 0 Å². The van der Waals surface area contributed by atoms with Gasteiger partial charge in [0, 0.05) is 26.1 Å². The van der Waals surface area contributed by atoms with Gasteiger partial charge in [-0.25, -0.2) is 0 Å². The Bertz CT molecular complexity index is 649. The van der Waals surface area contributed by atoms with E-state index in [-0.39, 0.29) is 18.5 Å². The van der Waals surface area contributed by atoms with Crippen LogP contribution < -0.4 is 0 Å². The molecule has 1 aromatic carbocycles. The van der Waals surface area contributed by atoms with Crippen LogP contribution >= 0.6 is 0 Å². The van der Waals surface area contributed by atoms with Crippen LogP contribution in [0, 0.1) is 0 Å². The fourth-order valence-corrected chi connectivity index (χ4v) is 3.36. The van der Waals surface area contributed by atoms with Crippen molar-refractivity contribution in [1.29, 1.82) is 0 Å². The van der Waals surface area contributed by atoms with Gasteiger partial charge in [-0.2, -0.15) is 13.2 Å². The van der Waals surface area contributed by atoms with Crippen molar-refractivity contribution >= 4 is 11.9 Å². The zero-order chi connectivity index (χ0) is 19.3. The van der Waals surface area contributed by atoms with Crippen LogP contribution in [-0.4, -0.2) is 52.5 Å². The highest BCUT2D eigenvalue weighted by Gasteiger charge is 2.31. The Kier molecular flexibility index (Phi) is 6.63. The zero-order valence-electron chi connectivity index (χ0n) is 14.6. The number of benzene rings is 1. The summed E-state index contributed by atoms with van der Waals surface area (Å²) >= 11 is 0. The third-order valence-electron chi connectivity index (χ3n) is 4.60. The summed E-state index contributed by atoms with van der Waals surface area (Å²) in [6, 6.07) is 5.13. The molecule has 0 saturated carbocycles. The van der Waals surface area contributed by atoms with Crippen molar-refractivity contribution < 1.29 is 27.9 Å². The minimum absolute atomic E-state index is 0.157. The lowest BCUT2D eigenvalue weighted by Crippen LogP contribution is -2.42. The number of carbonyl (C=O) groups is 2. The fraction of sp³-hybridized carbons (Fsp3) is 0.556. The molecule has 1 heterocycles. The van der Waals surface area contributed by atoms with Crippen molar-refractivity contribution in [3.05, 3.63) is 35.4 Å². The van der Waals surface area contributed by atoms with Gasteiger partial charge in [0.05, 0.1) is 5.56 Å². The van der Waals surface area contributed by atoms with E-state index in [1.165, 1.54) is 17.9 Å². The van der Waals surface area contributed by atoms with Crippen LogP contribution in [0.25, 0.3) is 0 Å². The zero-order valence-corrected chi connectivity index (χ0v) is 14.6. The molecular formula is C18H23F3N2O3. The van der Waals surface area contributed by atoms with E-state index in [4.69, 9.17) is 5.11 Å². The Balaban J connectivity index is 2.00. The number of aliphatic carboxylic acids is 1. The number of alkyl halides is 3. The third-order valence-corrected chi connectivity index (χ3v) is 4.60. The summed E-state index contributed by atoms with van der Waals surface area (Å²) in [5.41, 5.74) is -0.0702. The maximum atomic E-state index is 12.8. The maximum Gasteiger partial charge on any atom is 0.416 e. The molecule has 1 unspecified atom stereocenters. The van der Waals surface area contributed by atoms with E-state index in [1.807, 2.05) is 0 Å². The van der Waals surface area contributed by atoms with Crippen molar-refractivity contribution in [3.8, 4) is 0 Å². The third kappa shape index (κ3) is 5.72. The van der Waals surface area contributed by atoms with Gasteiger partial charge in [-0.3, -0.25) is 14.5 Å². The standard InChI is InChI=1S/C18H23F3N2O3/c1-13(24)23(12-17(25)26)16-6-3-8-22(9-7-16)11-14-4-2-5-15(10-14)18(19,20)21/h2,4-5,10,16H,3,6-9,11-12H2,1H3,(H,25,26). The lowest BCUT2D eigenvalue weighted by Gasteiger charge is -2.29. The Morgan fingerprint density at radius 1 is 1.27 bits per heavy atom. The van der Waals surface area contributed by atoms with E-state index in [1.54, 1.807) is 6.07 Å². The minimum atomic E-state index is -4.36. The fourth-order valence-electron chi connectivity index (χ4n) is 3.36. The molecule has 0 radical (unpaired) electrons. The van der Waals surface area contributed by atoms with E-state index in [0.29, 0.717) is 38.0 Å². The largest absolute Gasteiger partial charge is 0.480 e. The number of carboxylic acid groups (broad SMARTS) is 1. The maximum absolute atomic E-state index is 12.8. The minimum Gasteiger partial charge on any atom is -0.480 e. The topological polar surface area (TPSA) is 60.9 Å². The molecule has 0 spiro atoms. The van der Waals surface area contributed by atoms with Crippen molar-refractivity contribution in [2.24, 2.45) is 0 Å². The van der Waals surface area contributed by atoms with E-state index in [2.05, 4.69) is 4.90 Å².